The van der Waals surface area contributed by atoms with Gasteiger partial charge in [0, 0.05) is 30.3 Å². The van der Waals surface area contributed by atoms with E-state index in [0.717, 1.165) is 25.2 Å². The lowest BCUT2D eigenvalue weighted by Gasteiger charge is -2.36. The Labute approximate surface area is 238 Å². The van der Waals surface area contributed by atoms with Crippen LogP contribution in [-0.4, -0.2) is 74.2 Å². The number of carbonyl (C=O) groups is 2. The molecule has 11 heteroatoms. The molecule has 1 saturated heterocycles. The standard InChI is InChI=1S/C30H39FN6O4/c1-20(2)33-28(39)30(40)12-10-23(11-13-30)37-25-18-26(41-17-16-36-14-4-3-5-15-36)32-19-24(25)34-29(37)35-27(38)21-6-8-22(31)9-7-21/h6-9,18-20,23,40H,3-5,10-17H2,1-2H3,(H,33,39)(H,34,35,38)/t23-,30-. The number of likely N-dealkylation sites (tertiary alicyclic amines) is 1. The topological polar surface area (TPSA) is 125 Å². The number of pyridine rings is 1. The molecule has 3 aromatic rings. The van der Waals surface area contributed by atoms with Crippen LogP contribution in [0.4, 0.5) is 4.39 Å². The van der Waals surface area contributed by atoms with E-state index in [1.165, 1.54) is 43.5 Å². The van der Waals surface area contributed by atoms with Crippen molar-refractivity contribution in [2.75, 3.05) is 26.2 Å². The highest BCUT2D eigenvalue weighted by Gasteiger charge is 2.41. The van der Waals surface area contributed by atoms with Crippen molar-refractivity contribution in [1.82, 2.24) is 24.8 Å². The predicted octanol–water partition coefficient (Wildman–Crippen LogP) is 3.48. The van der Waals surface area contributed by atoms with Crippen LogP contribution in [0.1, 0.15) is 75.2 Å². The van der Waals surface area contributed by atoms with Crippen LogP contribution in [0.25, 0.3) is 11.0 Å². The highest BCUT2D eigenvalue weighted by atomic mass is 19.1. The number of fused-ring (bicyclic) bond motifs is 1. The number of rotatable bonds is 8. The van der Waals surface area contributed by atoms with E-state index in [2.05, 4.69) is 25.2 Å². The number of carbonyl (C=O) groups excluding carboxylic acids is 2. The lowest BCUT2D eigenvalue weighted by atomic mass is 9.81. The summed E-state index contributed by atoms with van der Waals surface area (Å²) in [4.78, 5) is 40.2. The first-order valence-corrected chi connectivity index (χ1v) is 14.6. The van der Waals surface area contributed by atoms with Gasteiger partial charge in [-0.3, -0.25) is 14.5 Å². The maximum absolute atomic E-state index is 13.4. The third kappa shape index (κ3) is 6.84. The SMILES string of the molecule is CC(C)NC(=O)[C@]1(O)CC[C@H](n2/c(=N/C(=O)c3ccc(F)cc3)[nH]c3cnc(OCCN4CCCCC4)cc32)CC1. The number of imidazole rings is 1. The number of aliphatic hydroxyl groups is 1. The van der Waals surface area contributed by atoms with Crippen molar-refractivity contribution in [3.63, 3.8) is 0 Å². The molecule has 0 radical (unpaired) electrons. The molecule has 1 aliphatic heterocycles. The minimum Gasteiger partial charge on any atom is -0.476 e. The largest absolute Gasteiger partial charge is 0.476 e. The Kier molecular flexibility index (Phi) is 8.84. The number of halogens is 1. The molecule has 1 saturated carbocycles. The Hall–Kier alpha value is -3.57. The highest BCUT2D eigenvalue weighted by molar-refractivity contribution is 5.95. The second-order valence-electron chi connectivity index (χ2n) is 11.4. The second-order valence-corrected chi connectivity index (χ2v) is 11.4. The fourth-order valence-electron chi connectivity index (χ4n) is 5.72. The van der Waals surface area contributed by atoms with Gasteiger partial charge in [-0.15, -0.1) is 0 Å². The summed E-state index contributed by atoms with van der Waals surface area (Å²) in [6.45, 7) is 7.25. The first-order valence-electron chi connectivity index (χ1n) is 14.6. The van der Waals surface area contributed by atoms with Crippen molar-refractivity contribution in [2.24, 2.45) is 4.99 Å². The number of hydrogen-bond donors (Lipinski definition) is 3. The van der Waals surface area contributed by atoms with E-state index in [1.807, 2.05) is 24.5 Å². The molecule has 1 aliphatic carbocycles. The molecule has 3 N–H and O–H groups in total. The molecular formula is C30H39FN6O4. The molecule has 41 heavy (non-hydrogen) atoms. The highest BCUT2D eigenvalue weighted by Crippen LogP contribution is 2.36. The van der Waals surface area contributed by atoms with E-state index >= 15 is 0 Å². The van der Waals surface area contributed by atoms with E-state index < -0.39 is 17.3 Å². The van der Waals surface area contributed by atoms with Gasteiger partial charge in [-0.25, -0.2) is 9.37 Å². The number of amides is 2. The molecule has 0 bridgehead atoms. The number of piperidine rings is 1. The van der Waals surface area contributed by atoms with Gasteiger partial charge in [-0.1, -0.05) is 6.42 Å². The third-order valence-corrected chi connectivity index (χ3v) is 7.99. The van der Waals surface area contributed by atoms with Crippen LogP contribution >= 0.6 is 0 Å². The maximum atomic E-state index is 13.4. The number of nitrogens with one attached hydrogen (secondary N) is 2. The van der Waals surface area contributed by atoms with Gasteiger partial charge >= 0.3 is 0 Å². The van der Waals surface area contributed by atoms with Crippen molar-refractivity contribution in [3.8, 4) is 5.88 Å². The first kappa shape index (κ1) is 28.9. The molecule has 0 unspecified atom stereocenters. The van der Waals surface area contributed by atoms with Crippen LogP contribution in [0.2, 0.25) is 0 Å². The number of hydrogen-bond acceptors (Lipinski definition) is 6. The number of H-pyrrole nitrogens is 1. The monoisotopic (exact) mass is 566 g/mol. The van der Waals surface area contributed by atoms with Gasteiger partial charge in [-0.05, 0) is 89.7 Å². The van der Waals surface area contributed by atoms with Gasteiger partial charge in [0.25, 0.3) is 11.8 Å². The Morgan fingerprint density at radius 2 is 1.90 bits per heavy atom. The molecule has 2 fully saturated rings. The summed E-state index contributed by atoms with van der Waals surface area (Å²) in [5.41, 5.74) is 0.584. The fourth-order valence-corrected chi connectivity index (χ4v) is 5.72. The third-order valence-electron chi connectivity index (χ3n) is 7.99. The molecule has 220 valence electrons. The smallest absolute Gasteiger partial charge is 0.280 e. The average molecular weight is 567 g/mol. The number of aromatic amines is 1. The maximum Gasteiger partial charge on any atom is 0.280 e. The molecule has 3 heterocycles. The molecule has 10 nitrogen and oxygen atoms in total. The van der Waals surface area contributed by atoms with Crippen LogP contribution in [-0.2, 0) is 4.79 Å². The minimum atomic E-state index is -1.45. The molecule has 1 aromatic carbocycles. The number of benzene rings is 1. The van der Waals surface area contributed by atoms with Crippen molar-refractivity contribution < 1.29 is 23.8 Å². The molecule has 2 aliphatic rings. The Morgan fingerprint density at radius 1 is 1.20 bits per heavy atom. The molecule has 0 atom stereocenters. The van der Waals surface area contributed by atoms with E-state index in [4.69, 9.17) is 4.74 Å². The summed E-state index contributed by atoms with van der Waals surface area (Å²) in [5, 5.41) is 13.9. The van der Waals surface area contributed by atoms with Crippen molar-refractivity contribution in [2.45, 2.75) is 76.5 Å². The zero-order chi connectivity index (χ0) is 29.0. The fraction of sp³-hybridized carbons (Fsp3) is 0.533. The normalized spacial score (nSPS) is 22.3. The molecule has 2 amide bonds. The molecular weight excluding hydrogens is 527 g/mol. The van der Waals surface area contributed by atoms with Crippen LogP contribution in [0.15, 0.2) is 41.5 Å². The molecule has 5 rings (SSSR count). The summed E-state index contributed by atoms with van der Waals surface area (Å²) >= 11 is 0. The number of ether oxygens (including phenoxy) is 1. The van der Waals surface area contributed by atoms with Crippen LogP contribution in [0.3, 0.4) is 0 Å². The average Bonchev–Trinajstić information content (AvgIpc) is 3.31. The summed E-state index contributed by atoms with van der Waals surface area (Å²) in [7, 11) is 0. The van der Waals surface area contributed by atoms with E-state index in [0.29, 0.717) is 36.5 Å². The molecule has 2 aromatic heterocycles. The van der Waals surface area contributed by atoms with E-state index in [9.17, 15) is 19.1 Å². The summed E-state index contributed by atoms with van der Waals surface area (Å²) in [5.74, 6) is -0.834. The summed E-state index contributed by atoms with van der Waals surface area (Å²) in [6.07, 6.45) is 6.91. The quantitative estimate of drug-likeness (QED) is 0.384. The van der Waals surface area contributed by atoms with Gasteiger partial charge in [0.2, 0.25) is 11.5 Å². The van der Waals surface area contributed by atoms with Gasteiger partial charge in [0.15, 0.2) is 0 Å². The van der Waals surface area contributed by atoms with Gasteiger partial charge in [0.05, 0.1) is 17.2 Å². The van der Waals surface area contributed by atoms with Crippen molar-refractivity contribution >= 4 is 22.8 Å². The first-order chi connectivity index (χ1) is 19.7. The van der Waals surface area contributed by atoms with Gasteiger partial charge in [0.1, 0.15) is 18.0 Å². The minimum absolute atomic E-state index is 0.0732. The van der Waals surface area contributed by atoms with Crippen LogP contribution < -0.4 is 15.7 Å². The molecule has 0 spiro atoms. The lowest BCUT2D eigenvalue weighted by Crippen LogP contribution is -2.51. The van der Waals surface area contributed by atoms with Gasteiger partial charge < -0.3 is 24.7 Å². The van der Waals surface area contributed by atoms with Crippen LogP contribution in [0, 0.1) is 5.82 Å². The predicted molar refractivity (Wildman–Crippen MR) is 152 cm³/mol. The zero-order valence-corrected chi connectivity index (χ0v) is 23.7. The summed E-state index contributed by atoms with van der Waals surface area (Å²) < 4.78 is 21.4. The second kappa shape index (κ2) is 12.5. The number of nitrogens with zero attached hydrogens (tertiary/aromatic N) is 4. The lowest BCUT2D eigenvalue weighted by molar-refractivity contribution is -0.144. The van der Waals surface area contributed by atoms with E-state index in [1.54, 1.807) is 6.20 Å². The Balaban J connectivity index is 1.43. The Bertz CT molecular complexity index is 1430. The van der Waals surface area contributed by atoms with E-state index in [-0.39, 0.29) is 36.4 Å². The van der Waals surface area contributed by atoms with Crippen molar-refractivity contribution in [1.29, 1.82) is 0 Å². The zero-order valence-electron chi connectivity index (χ0n) is 23.7. The number of aromatic nitrogens is 3. The van der Waals surface area contributed by atoms with Crippen LogP contribution in [0.5, 0.6) is 5.88 Å². The Morgan fingerprint density at radius 3 is 2.59 bits per heavy atom. The summed E-state index contributed by atoms with van der Waals surface area (Å²) in [6, 6.07) is 6.88. The van der Waals surface area contributed by atoms with Gasteiger partial charge in [-0.2, -0.15) is 4.99 Å². The van der Waals surface area contributed by atoms with Crippen molar-refractivity contribution in [3.05, 3.63) is 53.5 Å².